The predicted octanol–water partition coefficient (Wildman–Crippen LogP) is 6.86. The van der Waals surface area contributed by atoms with Gasteiger partial charge >= 0.3 is 0 Å². The number of hydrogen-bond donors (Lipinski definition) is 0. The van der Waals surface area contributed by atoms with Crippen LogP contribution in [-0.2, 0) is 17.9 Å². The number of ether oxygens (including phenoxy) is 2. The number of aryl methyl sites for hydroxylation is 1. The number of thioether (sulfide) groups is 1. The zero-order chi connectivity index (χ0) is 24.1. The molecule has 0 saturated carbocycles. The Hall–Kier alpha value is -3.22. The third kappa shape index (κ3) is 5.82. The highest BCUT2D eigenvalue weighted by Gasteiger charge is 2.35. The molecule has 1 saturated heterocycles. The van der Waals surface area contributed by atoms with Gasteiger partial charge in [-0.3, -0.25) is 14.5 Å². The molecule has 0 atom stereocenters. The third-order valence-electron chi connectivity index (χ3n) is 5.17. The summed E-state index contributed by atoms with van der Waals surface area (Å²) in [6.45, 7) is 4.97. The van der Waals surface area contributed by atoms with Crippen molar-refractivity contribution < 1.29 is 19.1 Å². The smallest absolute Gasteiger partial charge is 0.293 e. The number of rotatable bonds is 8. The summed E-state index contributed by atoms with van der Waals surface area (Å²) >= 11 is 6.89. The van der Waals surface area contributed by atoms with Gasteiger partial charge in [-0.25, -0.2) is 0 Å². The predicted molar refractivity (Wildman–Crippen MR) is 136 cm³/mol. The second kappa shape index (κ2) is 10.8. The molecular formula is C27H24ClNO4S. The molecule has 3 aromatic rings. The number of amides is 2. The quantitative estimate of drug-likeness (QED) is 0.321. The second-order valence-electron chi connectivity index (χ2n) is 7.81. The number of carbonyl (C=O) groups is 2. The zero-order valence-corrected chi connectivity index (χ0v) is 20.5. The summed E-state index contributed by atoms with van der Waals surface area (Å²) in [5.74, 6) is 0.878. The fourth-order valence-electron chi connectivity index (χ4n) is 3.52. The van der Waals surface area contributed by atoms with E-state index in [4.69, 9.17) is 21.1 Å². The van der Waals surface area contributed by atoms with Crippen LogP contribution in [0.25, 0.3) is 6.08 Å². The Labute approximate surface area is 208 Å². The normalized spacial score (nSPS) is 14.7. The first-order valence-electron chi connectivity index (χ1n) is 10.9. The van der Waals surface area contributed by atoms with E-state index >= 15 is 0 Å². The van der Waals surface area contributed by atoms with Crippen LogP contribution in [0.5, 0.6) is 11.5 Å². The van der Waals surface area contributed by atoms with Gasteiger partial charge in [0.25, 0.3) is 11.1 Å². The highest BCUT2D eigenvalue weighted by molar-refractivity contribution is 8.18. The molecular weight excluding hydrogens is 470 g/mol. The van der Waals surface area contributed by atoms with Crippen LogP contribution in [0.2, 0.25) is 5.02 Å². The van der Waals surface area contributed by atoms with Gasteiger partial charge in [0.2, 0.25) is 0 Å². The maximum Gasteiger partial charge on any atom is 0.293 e. The first-order valence-corrected chi connectivity index (χ1v) is 12.1. The number of imide groups is 1. The fraction of sp³-hybridized carbons (Fsp3) is 0.185. The van der Waals surface area contributed by atoms with Crippen LogP contribution in [0, 0.1) is 6.92 Å². The average molecular weight is 494 g/mol. The van der Waals surface area contributed by atoms with Gasteiger partial charge in [0.05, 0.1) is 18.1 Å². The minimum atomic E-state index is -0.294. The van der Waals surface area contributed by atoms with Crippen LogP contribution < -0.4 is 9.47 Å². The first-order chi connectivity index (χ1) is 16.4. The Morgan fingerprint density at radius 1 is 0.941 bits per heavy atom. The lowest BCUT2D eigenvalue weighted by Gasteiger charge is -2.13. The standard InChI is InChI=1S/C27H24ClNO4S/c1-3-32-24-14-20(9-12-23(24)33-17-19-7-10-22(28)11-8-19)15-25-26(30)29(27(31)34-25)16-21-6-4-5-18(2)13-21/h4-15H,3,16-17H2,1-2H3/b25-15+. The number of carbonyl (C=O) groups excluding carboxylic acids is 2. The van der Waals surface area contributed by atoms with E-state index in [-0.39, 0.29) is 17.7 Å². The molecule has 174 valence electrons. The molecule has 0 bridgehead atoms. The Balaban J connectivity index is 1.50. The van der Waals surface area contributed by atoms with E-state index in [0.717, 1.165) is 34.0 Å². The van der Waals surface area contributed by atoms with Crippen LogP contribution in [0.3, 0.4) is 0 Å². The largest absolute Gasteiger partial charge is 0.490 e. The van der Waals surface area contributed by atoms with Crippen molar-refractivity contribution in [3.05, 3.63) is 98.9 Å². The molecule has 34 heavy (non-hydrogen) atoms. The van der Waals surface area contributed by atoms with Gasteiger partial charge in [0, 0.05) is 5.02 Å². The minimum absolute atomic E-state index is 0.255. The van der Waals surface area contributed by atoms with Gasteiger partial charge < -0.3 is 9.47 Å². The van der Waals surface area contributed by atoms with Crippen molar-refractivity contribution in [2.45, 2.75) is 27.0 Å². The van der Waals surface area contributed by atoms with Crippen LogP contribution in [0.1, 0.15) is 29.2 Å². The fourth-order valence-corrected chi connectivity index (χ4v) is 4.49. The summed E-state index contributed by atoms with van der Waals surface area (Å²) in [6, 6.07) is 20.7. The van der Waals surface area contributed by atoms with E-state index in [1.54, 1.807) is 6.08 Å². The van der Waals surface area contributed by atoms with E-state index in [1.165, 1.54) is 4.90 Å². The Bertz CT molecular complexity index is 1240. The molecule has 7 heteroatoms. The molecule has 2 amide bonds. The molecule has 0 aromatic heterocycles. The molecule has 1 aliphatic rings. The van der Waals surface area contributed by atoms with Gasteiger partial charge in [0.15, 0.2) is 11.5 Å². The Kier molecular flexibility index (Phi) is 7.60. The maximum atomic E-state index is 12.9. The monoisotopic (exact) mass is 493 g/mol. The van der Waals surface area contributed by atoms with E-state index in [9.17, 15) is 9.59 Å². The summed E-state index contributed by atoms with van der Waals surface area (Å²) in [5, 5.41) is 0.400. The van der Waals surface area contributed by atoms with Crippen molar-refractivity contribution in [1.29, 1.82) is 0 Å². The summed E-state index contributed by atoms with van der Waals surface area (Å²) in [6.07, 6.45) is 1.71. The minimum Gasteiger partial charge on any atom is -0.490 e. The van der Waals surface area contributed by atoms with Gasteiger partial charge in [-0.1, -0.05) is 59.6 Å². The third-order valence-corrected chi connectivity index (χ3v) is 6.33. The van der Waals surface area contributed by atoms with Crippen molar-refractivity contribution in [2.24, 2.45) is 0 Å². The van der Waals surface area contributed by atoms with Crippen molar-refractivity contribution >= 4 is 40.6 Å². The number of nitrogens with zero attached hydrogens (tertiary/aromatic N) is 1. The Morgan fingerprint density at radius 3 is 2.47 bits per heavy atom. The zero-order valence-electron chi connectivity index (χ0n) is 18.9. The number of benzene rings is 3. The molecule has 4 rings (SSSR count). The van der Waals surface area contributed by atoms with Crippen molar-refractivity contribution in [3.63, 3.8) is 0 Å². The summed E-state index contributed by atoms with van der Waals surface area (Å²) < 4.78 is 11.7. The molecule has 0 unspecified atom stereocenters. The molecule has 1 fully saturated rings. The number of halogens is 1. The lowest BCUT2D eigenvalue weighted by Crippen LogP contribution is -2.27. The van der Waals surface area contributed by atoms with Crippen LogP contribution in [0.15, 0.2) is 71.6 Å². The maximum absolute atomic E-state index is 12.9. The van der Waals surface area contributed by atoms with E-state index < -0.39 is 0 Å². The van der Waals surface area contributed by atoms with E-state index in [0.29, 0.717) is 34.6 Å². The van der Waals surface area contributed by atoms with Crippen LogP contribution >= 0.6 is 23.4 Å². The number of hydrogen-bond acceptors (Lipinski definition) is 5. The Morgan fingerprint density at radius 2 is 1.74 bits per heavy atom. The van der Waals surface area contributed by atoms with Crippen molar-refractivity contribution in [2.75, 3.05) is 6.61 Å². The SMILES string of the molecule is CCOc1cc(/C=C2/SC(=O)N(Cc3cccc(C)c3)C2=O)ccc1OCc1ccc(Cl)cc1. The van der Waals surface area contributed by atoms with Gasteiger partial charge in [-0.05, 0) is 72.6 Å². The molecule has 5 nitrogen and oxygen atoms in total. The lowest BCUT2D eigenvalue weighted by molar-refractivity contribution is -0.123. The summed E-state index contributed by atoms with van der Waals surface area (Å²) in [5.41, 5.74) is 3.74. The molecule has 0 aliphatic carbocycles. The summed E-state index contributed by atoms with van der Waals surface area (Å²) in [4.78, 5) is 27.1. The topological polar surface area (TPSA) is 55.8 Å². The van der Waals surface area contributed by atoms with Crippen LogP contribution in [0.4, 0.5) is 4.79 Å². The summed E-state index contributed by atoms with van der Waals surface area (Å²) in [7, 11) is 0. The van der Waals surface area contributed by atoms with Gasteiger partial charge in [-0.15, -0.1) is 0 Å². The van der Waals surface area contributed by atoms with E-state index in [2.05, 4.69) is 0 Å². The molecule has 3 aromatic carbocycles. The first kappa shape index (κ1) is 23.9. The highest BCUT2D eigenvalue weighted by Crippen LogP contribution is 2.35. The average Bonchev–Trinajstić information content (AvgIpc) is 3.07. The molecule has 0 radical (unpaired) electrons. The molecule has 1 heterocycles. The van der Waals surface area contributed by atoms with Crippen LogP contribution in [-0.4, -0.2) is 22.7 Å². The second-order valence-corrected chi connectivity index (χ2v) is 9.24. The molecule has 0 N–H and O–H groups in total. The van der Waals surface area contributed by atoms with Crippen molar-refractivity contribution in [1.82, 2.24) is 4.90 Å². The molecule has 0 spiro atoms. The van der Waals surface area contributed by atoms with Crippen molar-refractivity contribution in [3.8, 4) is 11.5 Å². The van der Waals surface area contributed by atoms with Gasteiger partial charge in [0.1, 0.15) is 6.61 Å². The highest BCUT2D eigenvalue weighted by atomic mass is 35.5. The van der Waals surface area contributed by atoms with Gasteiger partial charge in [-0.2, -0.15) is 0 Å². The lowest BCUT2D eigenvalue weighted by atomic mass is 10.1. The van der Waals surface area contributed by atoms with E-state index in [1.807, 2.05) is 80.6 Å². The molecule has 1 aliphatic heterocycles.